The number of phenolic OH excluding ortho intramolecular Hbond substituents is 1. The van der Waals surface area contributed by atoms with Crippen molar-refractivity contribution in [2.24, 2.45) is 0 Å². The molecule has 1 aromatic heterocycles. The summed E-state index contributed by atoms with van der Waals surface area (Å²) < 4.78 is 1.13. The zero-order valence-corrected chi connectivity index (χ0v) is 12.5. The number of hydrogen-bond acceptors (Lipinski definition) is 3. The van der Waals surface area contributed by atoms with Gasteiger partial charge >= 0.3 is 0 Å². The summed E-state index contributed by atoms with van der Waals surface area (Å²) in [5.41, 5.74) is 1.04. The van der Waals surface area contributed by atoms with Gasteiger partial charge in [-0.15, -0.1) is 11.3 Å². The van der Waals surface area contributed by atoms with Gasteiger partial charge in [-0.1, -0.05) is 24.3 Å². The molecule has 4 heteroatoms. The lowest BCUT2D eigenvalue weighted by atomic mass is 10.1. The van der Waals surface area contributed by atoms with Gasteiger partial charge in [0.2, 0.25) is 0 Å². The Balaban J connectivity index is 1.93. The summed E-state index contributed by atoms with van der Waals surface area (Å²) >= 11 is 5.25. The maximum absolute atomic E-state index is 9.86. The molecule has 2 nitrogen and oxygen atoms in total. The third-order valence-corrected chi connectivity index (χ3v) is 4.96. The van der Waals surface area contributed by atoms with Crippen LogP contribution >= 0.6 is 27.3 Å². The summed E-state index contributed by atoms with van der Waals surface area (Å²) in [6, 6.07) is 13.6. The zero-order valence-electron chi connectivity index (χ0n) is 10.1. The van der Waals surface area contributed by atoms with Gasteiger partial charge in [0.15, 0.2) is 0 Å². The molecule has 0 spiro atoms. The molecule has 0 fully saturated rings. The van der Waals surface area contributed by atoms with E-state index in [0.29, 0.717) is 5.75 Å². The Morgan fingerprint density at radius 1 is 1.05 bits per heavy atom. The van der Waals surface area contributed by atoms with Crippen LogP contribution in [-0.2, 0) is 6.54 Å². The summed E-state index contributed by atoms with van der Waals surface area (Å²) in [7, 11) is 0. The molecule has 0 unspecified atom stereocenters. The van der Waals surface area contributed by atoms with Crippen molar-refractivity contribution in [1.29, 1.82) is 0 Å². The second-order valence-electron chi connectivity index (χ2n) is 4.22. The minimum absolute atomic E-state index is 0.318. The molecule has 19 heavy (non-hydrogen) atoms. The Labute approximate surface area is 123 Å². The first-order valence-corrected chi connectivity index (χ1v) is 7.59. The number of benzene rings is 2. The molecule has 2 N–H and O–H groups in total. The Hall–Kier alpha value is -1.52. The fourth-order valence-electron chi connectivity index (χ4n) is 2.07. The van der Waals surface area contributed by atoms with Crippen LogP contribution in [0, 0.1) is 0 Å². The van der Waals surface area contributed by atoms with Gasteiger partial charge in [-0.3, -0.25) is 0 Å². The first kappa shape index (κ1) is 12.5. The van der Waals surface area contributed by atoms with Crippen LogP contribution in [0.4, 0.5) is 5.69 Å². The van der Waals surface area contributed by atoms with Crippen LogP contribution < -0.4 is 5.32 Å². The van der Waals surface area contributed by atoms with E-state index in [1.165, 1.54) is 4.88 Å². The summed E-state index contributed by atoms with van der Waals surface area (Å²) in [6.45, 7) is 0.771. The monoisotopic (exact) mass is 333 g/mol. The number of fused-ring (bicyclic) bond motifs is 1. The van der Waals surface area contributed by atoms with E-state index in [-0.39, 0.29) is 0 Å². The van der Waals surface area contributed by atoms with Crippen LogP contribution in [0.15, 0.2) is 52.3 Å². The average molecular weight is 334 g/mol. The highest BCUT2D eigenvalue weighted by atomic mass is 79.9. The molecule has 3 aromatic rings. The molecule has 0 aliphatic heterocycles. The molecule has 1 heterocycles. The van der Waals surface area contributed by atoms with Crippen LogP contribution in [0.1, 0.15) is 4.88 Å². The quantitative estimate of drug-likeness (QED) is 0.708. The highest BCUT2D eigenvalue weighted by molar-refractivity contribution is 9.10. The van der Waals surface area contributed by atoms with Crippen molar-refractivity contribution in [2.45, 2.75) is 6.54 Å². The molecule has 2 aromatic carbocycles. The number of aromatic hydroxyl groups is 1. The first-order valence-electron chi connectivity index (χ1n) is 5.92. The lowest BCUT2D eigenvalue weighted by Crippen LogP contribution is -1.98. The lowest BCUT2D eigenvalue weighted by molar-refractivity contribution is 0.481. The predicted molar refractivity (Wildman–Crippen MR) is 85.0 cm³/mol. The smallest absolute Gasteiger partial charge is 0.123 e. The van der Waals surface area contributed by atoms with Crippen LogP contribution in [0.5, 0.6) is 5.75 Å². The molecule has 0 bridgehead atoms. The third-order valence-electron chi connectivity index (χ3n) is 3.03. The maximum atomic E-state index is 9.86. The number of phenols is 1. The Kier molecular flexibility index (Phi) is 3.44. The zero-order chi connectivity index (χ0) is 13.2. The topological polar surface area (TPSA) is 32.3 Å². The summed E-state index contributed by atoms with van der Waals surface area (Å²) in [5, 5.41) is 17.3. The van der Waals surface area contributed by atoms with Crippen LogP contribution in [-0.4, -0.2) is 5.11 Å². The Bertz CT molecular complexity index is 723. The molecule has 0 aliphatic rings. The van der Waals surface area contributed by atoms with Crippen molar-refractivity contribution in [3.63, 3.8) is 0 Å². The highest BCUT2D eigenvalue weighted by Gasteiger charge is 2.05. The molecule has 96 valence electrons. The molecule has 0 atom stereocenters. The van der Waals surface area contributed by atoms with E-state index in [1.54, 1.807) is 17.4 Å². The van der Waals surface area contributed by atoms with Crippen LogP contribution in [0.25, 0.3) is 10.8 Å². The van der Waals surface area contributed by atoms with Crippen LogP contribution in [0.2, 0.25) is 0 Å². The molecule has 0 saturated heterocycles. The van der Waals surface area contributed by atoms with E-state index in [1.807, 2.05) is 30.3 Å². The molecular formula is C15H12BrNOS. The van der Waals surface area contributed by atoms with Crippen molar-refractivity contribution in [1.82, 2.24) is 0 Å². The van der Waals surface area contributed by atoms with Crippen molar-refractivity contribution in [2.75, 3.05) is 5.32 Å². The number of rotatable bonds is 3. The van der Waals surface area contributed by atoms with Gasteiger partial charge in [-0.05, 0) is 39.5 Å². The van der Waals surface area contributed by atoms with Gasteiger partial charge in [0.05, 0.1) is 6.54 Å². The van der Waals surface area contributed by atoms with Gasteiger partial charge in [-0.2, -0.15) is 0 Å². The highest BCUT2D eigenvalue weighted by Crippen LogP contribution is 2.31. The fraction of sp³-hybridized carbons (Fsp3) is 0.0667. The molecule has 0 aliphatic carbocycles. The van der Waals surface area contributed by atoms with Crippen molar-refractivity contribution in [3.05, 3.63) is 57.2 Å². The van der Waals surface area contributed by atoms with Crippen LogP contribution in [0.3, 0.4) is 0 Å². The first-order chi connectivity index (χ1) is 9.25. The minimum Gasteiger partial charge on any atom is -0.507 e. The molecule has 0 amide bonds. The standard InChI is InChI=1S/C15H12BrNOS/c16-12-7-8-19-15(12)9-17-13-5-1-4-11-10(13)3-2-6-14(11)18/h1-8,17-18H,9H2. The van der Waals surface area contributed by atoms with Crippen molar-refractivity contribution in [3.8, 4) is 5.75 Å². The summed E-state index contributed by atoms with van der Waals surface area (Å²) in [5.74, 6) is 0.318. The van der Waals surface area contributed by atoms with E-state index in [9.17, 15) is 5.11 Å². The number of nitrogens with one attached hydrogen (secondary N) is 1. The van der Waals surface area contributed by atoms with Gasteiger partial charge in [0.1, 0.15) is 5.75 Å². The lowest BCUT2D eigenvalue weighted by Gasteiger charge is -2.10. The summed E-state index contributed by atoms with van der Waals surface area (Å²) in [4.78, 5) is 1.26. The van der Waals surface area contributed by atoms with Crippen molar-refractivity contribution >= 4 is 43.7 Å². The third kappa shape index (κ3) is 2.46. The summed E-state index contributed by atoms with van der Waals surface area (Å²) in [6.07, 6.45) is 0. The SMILES string of the molecule is Oc1cccc2c(NCc3sccc3Br)cccc12. The fourth-order valence-corrected chi connectivity index (χ4v) is 3.51. The normalized spacial score (nSPS) is 10.8. The van der Waals surface area contributed by atoms with Gasteiger partial charge in [-0.25, -0.2) is 0 Å². The number of thiophene rings is 1. The van der Waals surface area contributed by atoms with E-state index >= 15 is 0 Å². The largest absolute Gasteiger partial charge is 0.507 e. The Morgan fingerprint density at radius 3 is 2.63 bits per heavy atom. The molecule has 0 saturated carbocycles. The predicted octanol–water partition coefficient (Wildman–Crippen LogP) is 4.98. The molecule has 0 radical (unpaired) electrons. The van der Waals surface area contributed by atoms with E-state index in [0.717, 1.165) is 27.5 Å². The molecular weight excluding hydrogens is 322 g/mol. The van der Waals surface area contributed by atoms with E-state index in [4.69, 9.17) is 0 Å². The van der Waals surface area contributed by atoms with E-state index < -0.39 is 0 Å². The second-order valence-corrected chi connectivity index (χ2v) is 6.08. The maximum Gasteiger partial charge on any atom is 0.123 e. The number of anilines is 1. The van der Waals surface area contributed by atoms with Gasteiger partial charge in [0.25, 0.3) is 0 Å². The number of halogens is 1. The minimum atomic E-state index is 0.318. The van der Waals surface area contributed by atoms with Gasteiger partial charge < -0.3 is 10.4 Å². The molecule has 3 rings (SSSR count). The Morgan fingerprint density at radius 2 is 1.84 bits per heavy atom. The number of hydrogen-bond donors (Lipinski definition) is 2. The van der Waals surface area contributed by atoms with E-state index in [2.05, 4.69) is 32.7 Å². The second kappa shape index (κ2) is 5.23. The van der Waals surface area contributed by atoms with Gasteiger partial charge in [0, 0.05) is 25.8 Å². The average Bonchev–Trinajstić information content (AvgIpc) is 2.82. The van der Waals surface area contributed by atoms with Crippen molar-refractivity contribution < 1.29 is 5.11 Å².